The van der Waals surface area contributed by atoms with E-state index in [1.807, 2.05) is 30.3 Å². The Morgan fingerprint density at radius 3 is 2.61 bits per heavy atom. The molecular formula is C21H18N2O5. The largest absolute Gasteiger partial charge is 0.493 e. The summed E-state index contributed by atoms with van der Waals surface area (Å²) in [6.07, 6.45) is 0.0675. The number of hydrogen-bond acceptors (Lipinski definition) is 6. The molecule has 0 aliphatic heterocycles. The fourth-order valence-electron chi connectivity index (χ4n) is 2.90. The van der Waals surface area contributed by atoms with Gasteiger partial charge in [0.15, 0.2) is 17.3 Å². The van der Waals surface area contributed by atoms with E-state index in [4.69, 9.17) is 18.4 Å². The van der Waals surface area contributed by atoms with Gasteiger partial charge in [-0.2, -0.15) is 0 Å². The number of fused-ring (bicyclic) bond motifs is 1. The van der Waals surface area contributed by atoms with Crippen LogP contribution < -0.4 is 14.8 Å². The first-order valence-corrected chi connectivity index (χ1v) is 8.62. The number of para-hydroxylation sites is 1. The summed E-state index contributed by atoms with van der Waals surface area (Å²) in [6, 6.07) is 16.4. The monoisotopic (exact) mass is 378 g/mol. The fraction of sp³-hybridized carbons (Fsp3) is 0.143. The van der Waals surface area contributed by atoms with Crippen molar-refractivity contribution in [3.63, 3.8) is 0 Å². The third-order valence-electron chi connectivity index (χ3n) is 4.24. The number of carbonyl (C=O) groups is 1. The number of benzene rings is 2. The summed E-state index contributed by atoms with van der Waals surface area (Å²) in [5.41, 5.74) is 1.87. The second-order valence-electron chi connectivity index (χ2n) is 6.13. The van der Waals surface area contributed by atoms with Crippen molar-refractivity contribution in [1.29, 1.82) is 0 Å². The minimum Gasteiger partial charge on any atom is -0.493 e. The molecule has 0 bridgehead atoms. The summed E-state index contributed by atoms with van der Waals surface area (Å²) in [6.45, 7) is 0. The molecule has 0 spiro atoms. The van der Waals surface area contributed by atoms with E-state index in [0.29, 0.717) is 34.4 Å². The summed E-state index contributed by atoms with van der Waals surface area (Å²) in [5.74, 6) is 1.95. The second kappa shape index (κ2) is 7.48. The molecular weight excluding hydrogens is 360 g/mol. The van der Waals surface area contributed by atoms with Crippen LogP contribution in [0.3, 0.4) is 0 Å². The molecule has 7 heteroatoms. The zero-order valence-corrected chi connectivity index (χ0v) is 15.4. The van der Waals surface area contributed by atoms with Crippen LogP contribution >= 0.6 is 0 Å². The number of nitrogens with zero attached hydrogens (tertiary/aromatic N) is 1. The molecule has 1 N–H and O–H groups in total. The van der Waals surface area contributed by atoms with E-state index in [1.54, 1.807) is 38.5 Å². The van der Waals surface area contributed by atoms with Crippen molar-refractivity contribution in [2.24, 2.45) is 0 Å². The highest BCUT2D eigenvalue weighted by atomic mass is 16.5. The van der Waals surface area contributed by atoms with E-state index in [1.165, 1.54) is 0 Å². The fourth-order valence-corrected chi connectivity index (χ4v) is 2.90. The van der Waals surface area contributed by atoms with Crippen molar-refractivity contribution >= 4 is 22.6 Å². The summed E-state index contributed by atoms with van der Waals surface area (Å²) in [7, 11) is 3.10. The highest BCUT2D eigenvalue weighted by Crippen LogP contribution is 2.30. The van der Waals surface area contributed by atoms with E-state index in [2.05, 4.69) is 10.5 Å². The number of amides is 1. The maximum absolute atomic E-state index is 12.3. The molecule has 0 aliphatic rings. The molecule has 4 rings (SSSR count). The first kappa shape index (κ1) is 17.7. The second-order valence-corrected chi connectivity index (χ2v) is 6.13. The van der Waals surface area contributed by atoms with Crippen molar-refractivity contribution in [1.82, 2.24) is 5.16 Å². The van der Waals surface area contributed by atoms with Crippen molar-refractivity contribution in [2.75, 3.05) is 19.5 Å². The number of carbonyl (C=O) groups excluding carboxylic acids is 1. The van der Waals surface area contributed by atoms with Crippen LogP contribution in [0.2, 0.25) is 0 Å². The first-order chi connectivity index (χ1) is 13.7. The Morgan fingerprint density at radius 1 is 1.00 bits per heavy atom. The maximum atomic E-state index is 12.3. The normalized spacial score (nSPS) is 10.8. The van der Waals surface area contributed by atoms with Crippen LogP contribution in [0.25, 0.3) is 22.5 Å². The van der Waals surface area contributed by atoms with Crippen LogP contribution in [0.4, 0.5) is 5.69 Å². The number of hydrogen-bond donors (Lipinski definition) is 1. The zero-order chi connectivity index (χ0) is 19.5. The van der Waals surface area contributed by atoms with Gasteiger partial charge in [0, 0.05) is 23.2 Å². The number of rotatable bonds is 6. The van der Waals surface area contributed by atoms with Crippen molar-refractivity contribution in [2.45, 2.75) is 6.42 Å². The molecule has 142 valence electrons. The quantitative estimate of drug-likeness (QED) is 0.539. The van der Waals surface area contributed by atoms with Gasteiger partial charge in [0.25, 0.3) is 0 Å². The minimum absolute atomic E-state index is 0.0675. The molecule has 0 saturated carbocycles. The Balaban J connectivity index is 1.45. The van der Waals surface area contributed by atoms with Gasteiger partial charge < -0.3 is 23.7 Å². The van der Waals surface area contributed by atoms with Gasteiger partial charge >= 0.3 is 0 Å². The van der Waals surface area contributed by atoms with Crippen molar-refractivity contribution < 1.29 is 23.2 Å². The lowest BCUT2D eigenvalue weighted by Gasteiger charge is -2.10. The van der Waals surface area contributed by atoms with Gasteiger partial charge in [-0.05, 0) is 24.3 Å². The van der Waals surface area contributed by atoms with Gasteiger partial charge in [-0.15, -0.1) is 0 Å². The number of ether oxygens (including phenoxy) is 2. The number of furan rings is 1. The van der Waals surface area contributed by atoms with Gasteiger partial charge in [-0.25, -0.2) is 0 Å². The van der Waals surface area contributed by atoms with Crippen LogP contribution in [0.1, 0.15) is 5.69 Å². The summed E-state index contributed by atoms with van der Waals surface area (Å²) in [4.78, 5) is 12.3. The molecule has 1 amide bonds. The molecule has 0 atom stereocenters. The minimum atomic E-state index is -0.225. The van der Waals surface area contributed by atoms with Gasteiger partial charge in [0.2, 0.25) is 11.7 Å². The summed E-state index contributed by atoms with van der Waals surface area (Å²) in [5, 5.41) is 7.75. The van der Waals surface area contributed by atoms with Gasteiger partial charge in [0.05, 0.1) is 26.3 Å². The number of aromatic nitrogens is 1. The van der Waals surface area contributed by atoms with Crippen LogP contribution in [0.15, 0.2) is 63.5 Å². The molecule has 7 nitrogen and oxygen atoms in total. The van der Waals surface area contributed by atoms with Crippen LogP contribution in [0.5, 0.6) is 11.5 Å². The maximum Gasteiger partial charge on any atom is 0.230 e. The number of methoxy groups -OCH3 is 2. The molecule has 0 radical (unpaired) electrons. The smallest absolute Gasteiger partial charge is 0.230 e. The lowest BCUT2D eigenvalue weighted by Crippen LogP contribution is -2.14. The van der Waals surface area contributed by atoms with Crippen LogP contribution in [-0.4, -0.2) is 25.3 Å². The lowest BCUT2D eigenvalue weighted by molar-refractivity contribution is -0.115. The highest BCUT2D eigenvalue weighted by Gasteiger charge is 2.15. The van der Waals surface area contributed by atoms with E-state index in [-0.39, 0.29) is 12.3 Å². The highest BCUT2D eigenvalue weighted by molar-refractivity contribution is 5.92. The van der Waals surface area contributed by atoms with Crippen molar-refractivity contribution in [3.05, 3.63) is 60.3 Å². The average molecular weight is 378 g/mol. The molecule has 0 aliphatic carbocycles. The topological polar surface area (TPSA) is 86.7 Å². The molecule has 2 aromatic heterocycles. The third kappa shape index (κ3) is 3.55. The Bertz CT molecular complexity index is 1100. The molecule has 0 saturated heterocycles. The number of nitrogens with one attached hydrogen (secondary N) is 1. The summed E-state index contributed by atoms with van der Waals surface area (Å²) < 4.78 is 21.5. The molecule has 4 aromatic rings. The Kier molecular flexibility index (Phi) is 4.72. The van der Waals surface area contributed by atoms with Gasteiger partial charge in [-0.1, -0.05) is 23.4 Å². The predicted molar refractivity (Wildman–Crippen MR) is 104 cm³/mol. The van der Waals surface area contributed by atoms with Gasteiger partial charge in [0.1, 0.15) is 5.58 Å². The van der Waals surface area contributed by atoms with Crippen LogP contribution in [0, 0.1) is 0 Å². The van der Waals surface area contributed by atoms with E-state index >= 15 is 0 Å². The standard InChI is InChI=1S/C21H18N2O5/c1-25-17-8-7-14(10-18(17)26-2)22-21(24)12-15-11-20(28-23-15)19-9-13-5-3-4-6-16(13)27-19/h3-11H,12H2,1-2H3,(H,22,24). The van der Waals surface area contributed by atoms with Gasteiger partial charge in [-0.3, -0.25) is 4.79 Å². The molecule has 0 unspecified atom stereocenters. The lowest BCUT2D eigenvalue weighted by atomic mass is 10.2. The Labute approximate surface area is 160 Å². The van der Waals surface area contributed by atoms with Crippen molar-refractivity contribution in [3.8, 4) is 23.0 Å². The SMILES string of the molecule is COc1ccc(NC(=O)Cc2cc(-c3cc4ccccc4o3)on2)cc1OC. The Morgan fingerprint density at radius 2 is 1.82 bits per heavy atom. The molecule has 28 heavy (non-hydrogen) atoms. The summed E-state index contributed by atoms with van der Waals surface area (Å²) >= 11 is 0. The van der Waals surface area contributed by atoms with E-state index in [0.717, 1.165) is 11.0 Å². The van der Waals surface area contributed by atoms with E-state index < -0.39 is 0 Å². The van der Waals surface area contributed by atoms with Crippen LogP contribution in [-0.2, 0) is 11.2 Å². The first-order valence-electron chi connectivity index (χ1n) is 8.62. The van der Waals surface area contributed by atoms with E-state index in [9.17, 15) is 4.79 Å². The third-order valence-corrected chi connectivity index (χ3v) is 4.24. The molecule has 2 heterocycles. The predicted octanol–water partition coefficient (Wildman–Crippen LogP) is 4.29. The molecule has 0 fully saturated rings. The average Bonchev–Trinajstić information content (AvgIpc) is 3.34. The Hall–Kier alpha value is -3.74. The number of anilines is 1. The zero-order valence-electron chi connectivity index (χ0n) is 15.4. The molecule has 2 aromatic carbocycles.